The van der Waals surface area contributed by atoms with Crippen LogP contribution in [0, 0.1) is 11.7 Å². The second kappa shape index (κ2) is 4.40. The molecule has 4 nitrogen and oxygen atoms in total. The van der Waals surface area contributed by atoms with Crippen molar-refractivity contribution in [2.24, 2.45) is 5.92 Å². The highest BCUT2D eigenvalue weighted by atomic mass is 19.1. The molecule has 1 aromatic heterocycles. The number of imidazole rings is 1. The normalized spacial score (nSPS) is 28.2. The molecule has 0 aliphatic carbocycles. The summed E-state index contributed by atoms with van der Waals surface area (Å²) in [7, 11) is 0. The van der Waals surface area contributed by atoms with Crippen LogP contribution in [0.4, 0.5) is 4.39 Å². The molecule has 3 atom stereocenters. The Bertz CT molecular complexity index is 655. The molecule has 1 fully saturated rings. The van der Waals surface area contributed by atoms with E-state index in [0.29, 0.717) is 25.2 Å². The van der Waals surface area contributed by atoms with Crippen LogP contribution in [0.2, 0.25) is 0 Å². The number of aromatic nitrogens is 2. The Morgan fingerprint density at radius 2 is 2.30 bits per heavy atom. The third kappa shape index (κ3) is 1.57. The summed E-state index contributed by atoms with van der Waals surface area (Å²) in [4.78, 5) is 4.16. The van der Waals surface area contributed by atoms with Crippen LogP contribution in [0.15, 0.2) is 30.7 Å². The molecule has 0 saturated carbocycles. The summed E-state index contributed by atoms with van der Waals surface area (Å²) in [5.41, 5.74) is 2.42. The van der Waals surface area contributed by atoms with Crippen molar-refractivity contribution in [3.8, 4) is 11.3 Å². The maximum Gasteiger partial charge on any atom is 0.129 e. The van der Waals surface area contributed by atoms with Crippen molar-refractivity contribution in [3.05, 3.63) is 42.1 Å². The number of hydrogen-bond donors (Lipinski definition) is 1. The fourth-order valence-electron chi connectivity index (χ4n) is 3.41. The van der Waals surface area contributed by atoms with Crippen molar-refractivity contribution in [2.45, 2.75) is 18.6 Å². The van der Waals surface area contributed by atoms with Gasteiger partial charge in [-0.3, -0.25) is 0 Å². The van der Waals surface area contributed by atoms with E-state index in [-0.39, 0.29) is 17.8 Å². The maximum atomic E-state index is 14.3. The zero-order chi connectivity index (χ0) is 13.7. The third-order valence-electron chi connectivity index (χ3n) is 4.36. The summed E-state index contributed by atoms with van der Waals surface area (Å²) in [5.74, 6) is -0.371. The minimum atomic E-state index is -0.477. The average Bonchev–Trinajstić information content (AvgIpc) is 3.01. The molecular weight excluding hydrogens is 259 g/mol. The lowest BCUT2D eigenvalue weighted by Crippen LogP contribution is -2.37. The predicted molar refractivity (Wildman–Crippen MR) is 70.7 cm³/mol. The maximum absolute atomic E-state index is 14.3. The van der Waals surface area contributed by atoms with Gasteiger partial charge in [0, 0.05) is 23.7 Å². The standard InChI is InChI=1S/C15H15FN2O2/c16-11-3-1-2-9-12-6-17-8-18(12)15(14(9)11)10-7-20-5-4-13(10)19/h1-3,6,8,10,13,15,19H,4-5,7H2. The minimum absolute atomic E-state index is 0.144. The third-order valence-corrected chi connectivity index (χ3v) is 4.36. The van der Waals surface area contributed by atoms with E-state index in [1.165, 1.54) is 6.07 Å². The number of aliphatic hydroxyl groups is 1. The number of halogens is 1. The zero-order valence-corrected chi connectivity index (χ0v) is 10.9. The van der Waals surface area contributed by atoms with Crippen LogP contribution in [0.25, 0.3) is 11.3 Å². The number of aliphatic hydroxyl groups excluding tert-OH is 1. The number of rotatable bonds is 1. The molecule has 2 aromatic rings. The molecule has 1 N–H and O–H groups in total. The SMILES string of the molecule is OC1CCOCC1C1c2c(F)cccc2-c2cncn21. The first-order valence-corrected chi connectivity index (χ1v) is 6.84. The Balaban J connectivity index is 1.88. The van der Waals surface area contributed by atoms with Crippen molar-refractivity contribution in [2.75, 3.05) is 13.2 Å². The van der Waals surface area contributed by atoms with Gasteiger partial charge in [-0.2, -0.15) is 0 Å². The van der Waals surface area contributed by atoms with Crippen molar-refractivity contribution in [1.29, 1.82) is 0 Å². The first kappa shape index (κ1) is 12.1. The summed E-state index contributed by atoms with van der Waals surface area (Å²) in [6.07, 6.45) is 3.57. The highest BCUT2D eigenvalue weighted by Crippen LogP contribution is 2.45. The van der Waals surface area contributed by atoms with Crippen LogP contribution in [-0.2, 0) is 4.74 Å². The van der Waals surface area contributed by atoms with Crippen LogP contribution in [-0.4, -0.2) is 34.0 Å². The van der Waals surface area contributed by atoms with Crippen molar-refractivity contribution < 1.29 is 14.2 Å². The highest BCUT2D eigenvalue weighted by molar-refractivity contribution is 5.69. The molecule has 1 saturated heterocycles. The van der Waals surface area contributed by atoms with Crippen molar-refractivity contribution >= 4 is 0 Å². The lowest BCUT2D eigenvalue weighted by Gasteiger charge is -2.33. The smallest absolute Gasteiger partial charge is 0.129 e. The summed E-state index contributed by atoms with van der Waals surface area (Å²) >= 11 is 0. The molecule has 0 spiro atoms. The highest BCUT2D eigenvalue weighted by Gasteiger charge is 2.40. The van der Waals surface area contributed by atoms with E-state index < -0.39 is 6.10 Å². The fourth-order valence-corrected chi connectivity index (χ4v) is 3.41. The average molecular weight is 274 g/mol. The molecule has 5 heteroatoms. The summed E-state index contributed by atoms with van der Waals surface area (Å²) < 4.78 is 21.8. The Kier molecular flexibility index (Phi) is 2.65. The molecule has 20 heavy (non-hydrogen) atoms. The number of fused-ring (bicyclic) bond motifs is 3. The first-order valence-electron chi connectivity index (χ1n) is 6.84. The van der Waals surface area contributed by atoms with Crippen molar-refractivity contribution in [3.63, 3.8) is 0 Å². The van der Waals surface area contributed by atoms with E-state index in [1.807, 2.05) is 10.6 Å². The van der Waals surface area contributed by atoms with Gasteiger partial charge in [0.2, 0.25) is 0 Å². The monoisotopic (exact) mass is 274 g/mol. The molecule has 2 aliphatic heterocycles. The second-order valence-corrected chi connectivity index (χ2v) is 5.43. The molecule has 4 rings (SSSR count). The van der Waals surface area contributed by atoms with Gasteiger partial charge in [0.15, 0.2) is 0 Å². The van der Waals surface area contributed by atoms with E-state index in [1.54, 1.807) is 18.6 Å². The van der Waals surface area contributed by atoms with E-state index in [0.717, 1.165) is 11.3 Å². The quantitative estimate of drug-likeness (QED) is 0.865. The molecule has 104 valence electrons. The van der Waals surface area contributed by atoms with Crippen LogP contribution in [0.1, 0.15) is 18.0 Å². The molecule has 3 unspecified atom stereocenters. The molecular formula is C15H15FN2O2. The lowest BCUT2D eigenvalue weighted by atomic mass is 9.86. The lowest BCUT2D eigenvalue weighted by molar-refractivity contribution is -0.0484. The largest absolute Gasteiger partial charge is 0.393 e. The minimum Gasteiger partial charge on any atom is -0.393 e. The van der Waals surface area contributed by atoms with Crippen LogP contribution in [0.3, 0.4) is 0 Å². The van der Waals surface area contributed by atoms with Gasteiger partial charge >= 0.3 is 0 Å². The van der Waals surface area contributed by atoms with Crippen molar-refractivity contribution in [1.82, 2.24) is 9.55 Å². The Hall–Kier alpha value is -1.72. The first-order chi connectivity index (χ1) is 9.77. The van der Waals surface area contributed by atoms with Gasteiger partial charge in [-0.25, -0.2) is 9.37 Å². The fraction of sp³-hybridized carbons (Fsp3) is 0.400. The Morgan fingerprint density at radius 3 is 3.15 bits per heavy atom. The van der Waals surface area contributed by atoms with Gasteiger partial charge in [-0.15, -0.1) is 0 Å². The molecule has 0 bridgehead atoms. The number of benzene rings is 1. The summed E-state index contributed by atoms with van der Waals surface area (Å²) in [6, 6.07) is 4.85. The predicted octanol–water partition coefficient (Wildman–Crippen LogP) is 1.99. The summed E-state index contributed by atoms with van der Waals surface area (Å²) in [6.45, 7) is 1.00. The molecule has 1 aromatic carbocycles. The number of ether oxygens (including phenoxy) is 1. The Labute approximate surface area is 115 Å². The Morgan fingerprint density at radius 1 is 1.40 bits per heavy atom. The van der Waals surface area contributed by atoms with E-state index in [2.05, 4.69) is 4.98 Å². The van der Waals surface area contributed by atoms with Gasteiger partial charge in [0.1, 0.15) is 5.82 Å². The van der Waals surface area contributed by atoms with E-state index >= 15 is 0 Å². The number of hydrogen-bond acceptors (Lipinski definition) is 3. The summed E-state index contributed by atoms with van der Waals surface area (Å²) in [5, 5.41) is 10.3. The van der Waals surface area contributed by atoms with Crippen LogP contribution >= 0.6 is 0 Å². The van der Waals surface area contributed by atoms with Gasteiger partial charge in [-0.05, 0) is 12.5 Å². The van der Waals surface area contributed by atoms with Gasteiger partial charge in [0.25, 0.3) is 0 Å². The van der Waals surface area contributed by atoms with Crippen LogP contribution in [0.5, 0.6) is 0 Å². The van der Waals surface area contributed by atoms with Gasteiger partial charge in [0.05, 0.1) is 37.0 Å². The van der Waals surface area contributed by atoms with E-state index in [9.17, 15) is 9.50 Å². The molecule has 0 radical (unpaired) electrons. The molecule has 3 heterocycles. The van der Waals surface area contributed by atoms with Gasteiger partial charge in [-0.1, -0.05) is 12.1 Å². The molecule has 2 aliphatic rings. The number of nitrogens with zero attached hydrogens (tertiary/aromatic N) is 2. The zero-order valence-electron chi connectivity index (χ0n) is 10.9. The van der Waals surface area contributed by atoms with Crippen LogP contribution < -0.4 is 0 Å². The van der Waals surface area contributed by atoms with Gasteiger partial charge < -0.3 is 14.4 Å². The van der Waals surface area contributed by atoms with E-state index in [4.69, 9.17) is 4.74 Å². The second-order valence-electron chi connectivity index (χ2n) is 5.43. The topological polar surface area (TPSA) is 47.3 Å². The molecule has 0 amide bonds.